The summed E-state index contributed by atoms with van der Waals surface area (Å²) in [6.07, 6.45) is 9.04. The lowest BCUT2D eigenvalue weighted by molar-refractivity contribution is 0.881. The van der Waals surface area contributed by atoms with Crippen LogP contribution in [0.2, 0.25) is 0 Å². The molecule has 2 atom stereocenters. The van der Waals surface area contributed by atoms with Crippen molar-refractivity contribution in [2.45, 2.75) is 16.1 Å². The second kappa shape index (κ2) is 14.7. The third-order valence-electron chi connectivity index (χ3n) is 12.5. The van der Waals surface area contributed by atoms with Crippen LogP contribution < -0.4 is 0 Å². The highest BCUT2D eigenvalue weighted by molar-refractivity contribution is 8.00. The van der Waals surface area contributed by atoms with Gasteiger partial charge in [-0.25, -0.2) is 9.97 Å². The Balaban J connectivity index is 0.986. The molecular weight excluding hydrogens is 757 g/mol. The minimum Gasteiger partial charge on any atom is -0.228 e. The molecule has 2 heterocycles. The van der Waals surface area contributed by atoms with E-state index in [1.165, 1.54) is 70.8 Å². The Hall–Kier alpha value is -7.33. The Labute approximate surface area is 359 Å². The van der Waals surface area contributed by atoms with Crippen molar-refractivity contribution in [2.75, 3.05) is 0 Å². The highest BCUT2D eigenvalue weighted by Crippen LogP contribution is 2.51. The summed E-state index contributed by atoms with van der Waals surface area (Å²) in [6, 6.07) is 70.2. The summed E-state index contributed by atoms with van der Waals surface area (Å²) in [4.78, 5) is 12.1. The van der Waals surface area contributed by atoms with Crippen LogP contribution in [0.25, 0.3) is 99.6 Å². The van der Waals surface area contributed by atoms with E-state index >= 15 is 0 Å². The Morgan fingerprint density at radius 1 is 0.361 bits per heavy atom. The molecule has 1 aliphatic carbocycles. The summed E-state index contributed by atoms with van der Waals surface area (Å²) in [6.45, 7) is 0. The average molecular weight is 795 g/mol. The molecule has 2 aliphatic rings. The van der Waals surface area contributed by atoms with Crippen molar-refractivity contribution in [3.8, 4) is 67.3 Å². The number of hydrogen-bond acceptors (Lipinski definition) is 3. The fourth-order valence-electron chi connectivity index (χ4n) is 9.47. The van der Waals surface area contributed by atoms with Crippen LogP contribution in [0.1, 0.15) is 11.5 Å². The number of nitrogens with zero attached hydrogens (tertiary/aromatic N) is 2. The van der Waals surface area contributed by atoms with Crippen molar-refractivity contribution >= 4 is 44.1 Å². The van der Waals surface area contributed by atoms with E-state index < -0.39 is 0 Å². The topological polar surface area (TPSA) is 25.8 Å². The van der Waals surface area contributed by atoms with Gasteiger partial charge in [-0.3, -0.25) is 0 Å². The second-order valence-corrected chi connectivity index (χ2v) is 17.2. The molecule has 10 aromatic rings. The minimum atomic E-state index is 0.428. The van der Waals surface area contributed by atoms with Gasteiger partial charge in [0.1, 0.15) is 0 Å². The van der Waals surface area contributed by atoms with Crippen molar-refractivity contribution in [3.63, 3.8) is 0 Å². The number of allylic oxidation sites excluding steroid dienone is 3. The van der Waals surface area contributed by atoms with Gasteiger partial charge in [0.25, 0.3) is 0 Å². The van der Waals surface area contributed by atoms with Crippen LogP contribution in [-0.4, -0.2) is 15.2 Å². The summed E-state index contributed by atoms with van der Waals surface area (Å²) in [7, 11) is 0. The normalized spacial score (nSPS) is 15.3. The molecule has 1 aromatic heterocycles. The van der Waals surface area contributed by atoms with E-state index in [4.69, 9.17) is 9.97 Å². The first-order chi connectivity index (χ1) is 30.2. The lowest BCUT2D eigenvalue weighted by Gasteiger charge is -2.15. The van der Waals surface area contributed by atoms with E-state index in [1.54, 1.807) is 0 Å². The van der Waals surface area contributed by atoms with Gasteiger partial charge >= 0.3 is 0 Å². The second-order valence-electron chi connectivity index (χ2n) is 16.0. The summed E-state index contributed by atoms with van der Waals surface area (Å²) in [5.74, 6) is 1.13. The lowest BCUT2D eigenvalue weighted by atomic mass is 9.90. The third kappa shape index (κ3) is 6.20. The number of fused-ring (bicyclic) bond motifs is 6. The SMILES string of the molecule is C1=CC2Sc3c(-c4ccc(-c5nc(-c6ccc(-c7cccc8ccccc78)cc6)cc(-c6ccc(-c7cccc8ccccc78)c7ccccc67)n5)cc4)cccc3C2C=C1. The number of aromatic nitrogens is 2. The van der Waals surface area contributed by atoms with Crippen LogP contribution in [0.3, 0.4) is 0 Å². The van der Waals surface area contributed by atoms with Gasteiger partial charge in [-0.2, -0.15) is 0 Å². The van der Waals surface area contributed by atoms with Crippen LogP contribution >= 0.6 is 11.8 Å². The molecule has 0 N–H and O–H groups in total. The van der Waals surface area contributed by atoms with Crippen molar-refractivity contribution < 1.29 is 0 Å². The maximum Gasteiger partial charge on any atom is 0.160 e. The molecule has 12 rings (SSSR count). The smallest absolute Gasteiger partial charge is 0.160 e. The molecule has 0 fully saturated rings. The molecule has 1 aliphatic heterocycles. The maximum atomic E-state index is 5.38. The number of thioether (sulfide) groups is 1. The molecule has 0 bridgehead atoms. The Kier molecular flexibility index (Phi) is 8.60. The molecule has 0 saturated carbocycles. The lowest BCUT2D eigenvalue weighted by Crippen LogP contribution is -2.06. The molecule has 3 heteroatoms. The Morgan fingerprint density at radius 2 is 0.869 bits per heavy atom. The summed E-state index contributed by atoms with van der Waals surface area (Å²) in [5.41, 5.74) is 13.6. The fourth-order valence-corrected chi connectivity index (χ4v) is 10.9. The standard InChI is InChI=1S/C58H38N2S/c1-3-16-43-37(12-1)14-9-21-44(43)39-26-30-41(31-27-39)54-36-55(51-35-34-50(48-18-5-6-19-49(48)51)47-23-10-15-38-13-2-4-17-45(38)47)60-58(59-54)42-32-28-40(29-33-42)46-22-11-24-53-52-20-7-8-25-56(52)61-57(46)53/h1-36,52,56H. The minimum absolute atomic E-state index is 0.428. The third-order valence-corrected chi connectivity index (χ3v) is 13.9. The van der Waals surface area contributed by atoms with E-state index in [1.807, 2.05) is 11.8 Å². The average Bonchev–Trinajstić information content (AvgIpc) is 3.72. The maximum absolute atomic E-state index is 5.38. The van der Waals surface area contributed by atoms with Gasteiger partial charge in [0.05, 0.1) is 11.4 Å². The summed E-state index contributed by atoms with van der Waals surface area (Å²) < 4.78 is 0. The van der Waals surface area contributed by atoms with Gasteiger partial charge in [0.2, 0.25) is 0 Å². The molecule has 0 saturated heterocycles. The van der Waals surface area contributed by atoms with Gasteiger partial charge in [-0.1, -0.05) is 212 Å². The largest absolute Gasteiger partial charge is 0.228 e. The summed E-state index contributed by atoms with van der Waals surface area (Å²) in [5, 5.41) is 7.77. The highest BCUT2D eigenvalue weighted by Gasteiger charge is 2.32. The van der Waals surface area contributed by atoms with Gasteiger partial charge < -0.3 is 0 Å². The van der Waals surface area contributed by atoms with Crippen LogP contribution in [0.15, 0.2) is 223 Å². The van der Waals surface area contributed by atoms with Crippen LogP contribution in [0.5, 0.6) is 0 Å². The van der Waals surface area contributed by atoms with Crippen LogP contribution in [0.4, 0.5) is 0 Å². The van der Waals surface area contributed by atoms with Crippen LogP contribution in [0, 0.1) is 0 Å². The highest BCUT2D eigenvalue weighted by atomic mass is 32.2. The molecule has 9 aromatic carbocycles. The molecule has 286 valence electrons. The van der Waals surface area contributed by atoms with Crippen LogP contribution in [-0.2, 0) is 0 Å². The molecular formula is C58H38N2S. The van der Waals surface area contributed by atoms with Gasteiger partial charge in [0, 0.05) is 32.8 Å². The first kappa shape index (κ1) is 35.6. The fraction of sp³-hybridized carbons (Fsp3) is 0.0345. The van der Waals surface area contributed by atoms with Gasteiger partial charge in [0.15, 0.2) is 5.82 Å². The first-order valence-electron chi connectivity index (χ1n) is 21.0. The van der Waals surface area contributed by atoms with Gasteiger partial charge in [-0.15, -0.1) is 11.8 Å². The predicted octanol–water partition coefficient (Wildman–Crippen LogP) is 15.6. The van der Waals surface area contributed by atoms with E-state index in [2.05, 4.69) is 218 Å². The monoisotopic (exact) mass is 794 g/mol. The van der Waals surface area contributed by atoms with Crippen molar-refractivity contribution in [3.05, 3.63) is 224 Å². The van der Waals surface area contributed by atoms with E-state index in [9.17, 15) is 0 Å². The molecule has 0 amide bonds. The zero-order chi connectivity index (χ0) is 40.3. The molecule has 2 unspecified atom stereocenters. The zero-order valence-electron chi connectivity index (χ0n) is 33.2. The van der Waals surface area contributed by atoms with E-state index in [-0.39, 0.29) is 0 Å². The van der Waals surface area contributed by atoms with Crippen molar-refractivity contribution in [2.24, 2.45) is 0 Å². The zero-order valence-corrected chi connectivity index (χ0v) is 34.1. The quantitative estimate of drug-likeness (QED) is 0.168. The first-order valence-corrected chi connectivity index (χ1v) is 21.8. The number of benzene rings is 9. The van der Waals surface area contributed by atoms with E-state index in [0.29, 0.717) is 17.0 Å². The van der Waals surface area contributed by atoms with Gasteiger partial charge in [-0.05, 0) is 77.3 Å². The molecule has 61 heavy (non-hydrogen) atoms. The summed E-state index contributed by atoms with van der Waals surface area (Å²) >= 11 is 1.98. The molecule has 0 radical (unpaired) electrons. The number of hydrogen-bond donors (Lipinski definition) is 0. The molecule has 2 nitrogen and oxygen atoms in total. The van der Waals surface area contributed by atoms with Crippen molar-refractivity contribution in [1.82, 2.24) is 9.97 Å². The Bertz CT molecular complexity index is 3390. The van der Waals surface area contributed by atoms with E-state index in [0.717, 1.165) is 33.5 Å². The Morgan fingerprint density at radius 3 is 1.62 bits per heavy atom. The number of rotatable bonds is 6. The predicted molar refractivity (Wildman–Crippen MR) is 258 cm³/mol. The molecule has 0 spiro atoms. The van der Waals surface area contributed by atoms with Crippen molar-refractivity contribution in [1.29, 1.82) is 0 Å².